The first-order chi connectivity index (χ1) is 28.0. The molecule has 0 saturated carbocycles. The minimum Gasteiger partial charge on any atom is -0.462 e. The topological polar surface area (TPSA) is 78.9 Å². The van der Waals surface area contributed by atoms with Crippen LogP contribution in [-0.2, 0) is 28.6 Å². The molecule has 0 spiro atoms. The molecule has 0 amide bonds. The van der Waals surface area contributed by atoms with E-state index in [1.165, 1.54) is 128 Å². The summed E-state index contributed by atoms with van der Waals surface area (Å²) < 4.78 is 16.7. The van der Waals surface area contributed by atoms with E-state index in [2.05, 4.69) is 57.2 Å². The number of carbonyl (C=O) groups excluding carboxylic acids is 3. The van der Waals surface area contributed by atoms with E-state index in [4.69, 9.17) is 14.2 Å². The molecule has 57 heavy (non-hydrogen) atoms. The number of hydrogen-bond donors (Lipinski definition) is 0. The SMILES string of the molecule is CCCCCC/C=C/CCCCCCCC(=O)OCC(COC(=O)CCCCCCC/C=C/CCCCCC)OC(=O)CCCCCCC/C=C/CCCCCC. The molecule has 0 aromatic heterocycles. The Balaban J connectivity index is 4.40. The monoisotopic (exact) mass is 801 g/mol. The number of unbranched alkanes of at least 4 members (excludes halogenated alkanes) is 27. The van der Waals surface area contributed by atoms with Gasteiger partial charge in [-0.15, -0.1) is 0 Å². The van der Waals surface area contributed by atoms with E-state index >= 15 is 0 Å². The first-order valence-electron chi connectivity index (χ1n) is 24.5. The predicted molar refractivity (Wildman–Crippen MR) is 242 cm³/mol. The minimum atomic E-state index is -0.779. The highest BCUT2D eigenvalue weighted by Gasteiger charge is 2.19. The molecule has 0 N–H and O–H groups in total. The van der Waals surface area contributed by atoms with Crippen LogP contribution in [0.3, 0.4) is 0 Å². The highest BCUT2D eigenvalue weighted by atomic mass is 16.6. The normalized spacial score (nSPS) is 11.8. The molecule has 0 fully saturated rings. The van der Waals surface area contributed by atoms with E-state index in [0.29, 0.717) is 19.3 Å². The number of carbonyl (C=O) groups is 3. The largest absolute Gasteiger partial charge is 0.462 e. The first-order valence-corrected chi connectivity index (χ1v) is 24.5. The summed E-state index contributed by atoms with van der Waals surface area (Å²) in [6.45, 7) is 6.57. The molecular weight excluding hydrogens is 709 g/mol. The van der Waals surface area contributed by atoms with Gasteiger partial charge in [0.1, 0.15) is 13.2 Å². The standard InChI is InChI=1S/C51H92O6/c1-4-7-10-13-16-19-22-25-28-31-34-37-40-43-49(52)55-46-48(57-51(54)45-42-39-36-33-30-27-24-21-18-15-12-9-6-3)47-56-50(53)44-41-38-35-32-29-26-23-20-17-14-11-8-5-2/h19-24,48H,4-18,25-47H2,1-3H3/b22-19+,23-20+,24-21+. The zero-order valence-corrected chi connectivity index (χ0v) is 37.9. The van der Waals surface area contributed by atoms with Crippen LogP contribution in [0, 0.1) is 0 Å². The van der Waals surface area contributed by atoms with Crippen LogP contribution in [0.2, 0.25) is 0 Å². The molecule has 0 aromatic rings. The van der Waals surface area contributed by atoms with Gasteiger partial charge < -0.3 is 14.2 Å². The van der Waals surface area contributed by atoms with Crippen LogP contribution in [-0.4, -0.2) is 37.2 Å². The maximum absolute atomic E-state index is 12.7. The Morgan fingerprint density at radius 2 is 0.579 bits per heavy atom. The zero-order valence-electron chi connectivity index (χ0n) is 37.9. The second-order valence-electron chi connectivity index (χ2n) is 16.4. The summed E-state index contributed by atoms with van der Waals surface area (Å²) in [4.78, 5) is 37.8. The average molecular weight is 801 g/mol. The van der Waals surface area contributed by atoms with Crippen molar-refractivity contribution in [1.82, 2.24) is 0 Å². The van der Waals surface area contributed by atoms with Crippen LogP contribution in [0.1, 0.15) is 252 Å². The fraction of sp³-hybridized carbons (Fsp3) is 0.824. The van der Waals surface area contributed by atoms with Gasteiger partial charge in [-0.05, 0) is 96.3 Å². The Hall–Kier alpha value is -2.37. The lowest BCUT2D eigenvalue weighted by atomic mass is 10.1. The summed E-state index contributed by atoms with van der Waals surface area (Å²) in [7, 11) is 0. The lowest BCUT2D eigenvalue weighted by Crippen LogP contribution is -2.30. The summed E-state index contributed by atoms with van der Waals surface area (Å²) >= 11 is 0. The van der Waals surface area contributed by atoms with Crippen LogP contribution < -0.4 is 0 Å². The third-order valence-electron chi connectivity index (χ3n) is 10.6. The quantitative estimate of drug-likeness (QED) is 0.0264. The van der Waals surface area contributed by atoms with Crippen LogP contribution >= 0.6 is 0 Å². The summed E-state index contributed by atoms with van der Waals surface area (Å²) in [5.41, 5.74) is 0. The first kappa shape index (κ1) is 54.6. The zero-order chi connectivity index (χ0) is 41.5. The number of allylic oxidation sites excluding steroid dienone is 6. The van der Waals surface area contributed by atoms with Crippen molar-refractivity contribution in [3.63, 3.8) is 0 Å². The summed E-state index contributed by atoms with van der Waals surface area (Å²) in [5.74, 6) is -0.903. The maximum Gasteiger partial charge on any atom is 0.306 e. The minimum absolute atomic E-state index is 0.0814. The molecule has 0 aliphatic rings. The summed E-state index contributed by atoms with van der Waals surface area (Å²) in [6.07, 6.45) is 52.6. The van der Waals surface area contributed by atoms with Crippen LogP contribution in [0.25, 0.3) is 0 Å². The van der Waals surface area contributed by atoms with E-state index in [1.807, 2.05) is 0 Å². The van der Waals surface area contributed by atoms with Gasteiger partial charge in [0, 0.05) is 19.3 Å². The van der Waals surface area contributed by atoms with E-state index in [1.54, 1.807) is 0 Å². The molecule has 0 unspecified atom stereocenters. The lowest BCUT2D eigenvalue weighted by Gasteiger charge is -2.18. The predicted octanol–water partition coefficient (Wildman–Crippen LogP) is 15.8. The fourth-order valence-corrected chi connectivity index (χ4v) is 6.84. The van der Waals surface area contributed by atoms with Crippen molar-refractivity contribution in [3.8, 4) is 0 Å². The Kier molecular flexibility index (Phi) is 44.4. The molecule has 0 bridgehead atoms. The highest BCUT2D eigenvalue weighted by molar-refractivity contribution is 5.71. The van der Waals surface area contributed by atoms with Crippen molar-refractivity contribution in [1.29, 1.82) is 0 Å². The molecule has 6 heteroatoms. The smallest absolute Gasteiger partial charge is 0.306 e. The number of ether oxygens (including phenoxy) is 3. The van der Waals surface area contributed by atoms with Crippen LogP contribution in [0.4, 0.5) is 0 Å². The lowest BCUT2D eigenvalue weighted by molar-refractivity contribution is -0.167. The Bertz CT molecular complexity index is 917. The van der Waals surface area contributed by atoms with Gasteiger partial charge in [0.05, 0.1) is 0 Å². The molecule has 0 saturated heterocycles. The van der Waals surface area contributed by atoms with Gasteiger partial charge in [-0.1, -0.05) is 173 Å². The third-order valence-corrected chi connectivity index (χ3v) is 10.6. The Labute approximate surface area is 353 Å². The van der Waals surface area contributed by atoms with Crippen molar-refractivity contribution in [3.05, 3.63) is 36.5 Å². The van der Waals surface area contributed by atoms with Gasteiger partial charge in [0.2, 0.25) is 0 Å². The van der Waals surface area contributed by atoms with Gasteiger partial charge >= 0.3 is 17.9 Å². The summed E-state index contributed by atoms with van der Waals surface area (Å²) in [5, 5.41) is 0. The van der Waals surface area contributed by atoms with Gasteiger partial charge in [-0.3, -0.25) is 14.4 Å². The second-order valence-corrected chi connectivity index (χ2v) is 16.4. The molecule has 0 rings (SSSR count). The molecule has 6 nitrogen and oxygen atoms in total. The second kappa shape index (κ2) is 46.3. The van der Waals surface area contributed by atoms with Crippen molar-refractivity contribution in [2.24, 2.45) is 0 Å². The van der Waals surface area contributed by atoms with Crippen molar-refractivity contribution >= 4 is 17.9 Å². The van der Waals surface area contributed by atoms with Crippen LogP contribution in [0.15, 0.2) is 36.5 Å². The molecule has 0 aliphatic heterocycles. The molecular formula is C51H92O6. The average Bonchev–Trinajstić information content (AvgIpc) is 3.21. The molecule has 0 atom stereocenters. The molecule has 0 radical (unpaired) electrons. The highest BCUT2D eigenvalue weighted by Crippen LogP contribution is 2.14. The maximum atomic E-state index is 12.7. The van der Waals surface area contributed by atoms with Gasteiger partial charge in [-0.25, -0.2) is 0 Å². The number of esters is 3. The number of hydrogen-bond acceptors (Lipinski definition) is 6. The molecule has 0 heterocycles. The Morgan fingerprint density at radius 1 is 0.333 bits per heavy atom. The van der Waals surface area contributed by atoms with E-state index in [0.717, 1.165) is 83.5 Å². The van der Waals surface area contributed by atoms with Crippen molar-refractivity contribution < 1.29 is 28.6 Å². The van der Waals surface area contributed by atoms with Crippen molar-refractivity contribution in [2.75, 3.05) is 13.2 Å². The van der Waals surface area contributed by atoms with Crippen molar-refractivity contribution in [2.45, 2.75) is 258 Å². The molecule has 0 aliphatic carbocycles. The van der Waals surface area contributed by atoms with E-state index < -0.39 is 6.10 Å². The Morgan fingerprint density at radius 3 is 0.877 bits per heavy atom. The summed E-state index contributed by atoms with van der Waals surface area (Å²) in [6, 6.07) is 0. The van der Waals surface area contributed by atoms with Gasteiger partial charge in [0.15, 0.2) is 6.10 Å². The third kappa shape index (κ3) is 44.6. The van der Waals surface area contributed by atoms with Crippen LogP contribution in [0.5, 0.6) is 0 Å². The fourth-order valence-electron chi connectivity index (χ4n) is 6.84. The van der Waals surface area contributed by atoms with Gasteiger partial charge in [0.25, 0.3) is 0 Å². The molecule has 332 valence electrons. The molecule has 0 aromatic carbocycles. The number of rotatable bonds is 44. The van der Waals surface area contributed by atoms with Gasteiger partial charge in [-0.2, -0.15) is 0 Å². The van der Waals surface area contributed by atoms with E-state index in [-0.39, 0.29) is 31.1 Å². The van der Waals surface area contributed by atoms with E-state index in [9.17, 15) is 14.4 Å².